The molecule has 0 unspecified atom stereocenters. The van der Waals surface area contributed by atoms with E-state index in [4.69, 9.17) is 16.3 Å². The number of hydrogen-bond acceptors (Lipinski definition) is 5. The lowest BCUT2D eigenvalue weighted by Crippen LogP contribution is -2.25. The van der Waals surface area contributed by atoms with E-state index in [1.165, 1.54) is 17.8 Å². The predicted octanol–water partition coefficient (Wildman–Crippen LogP) is 3.70. The number of ether oxygens (including phenoxy) is 1. The van der Waals surface area contributed by atoms with E-state index in [-0.39, 0.29) is 10.7 Å². The van der Waals surface area contributed by atoms with Gasteiger partial charge in [-0.25, -0.2) is 9.67 Å². The van der Waals surface area contributed by atoms with Crippen molar-refractivity contribution in [1.29, 1.82) is 0 Å². The third kappa shape index (κ3) is 4.83. The molecule has 0 aliphatic carbocycles. The van der Waals surface area contributed by atoms with Crippen molar-refractivity contribution in [1.82, 2.24) is 14.8 Å². The van der Waals surface area contributed by atoms with Crippen LogP contribution < -0.4 is 15.6 Å². The lowest BCUT2D eigenvalue weighted by atomic mass is 10.1. The summed E-state index contributed by atoms with van der Waals surface area (Å²) in [5, 5.41) is 7.00. The quantitative estimate of drug-likeness (QED) is 0.806. The van der Waals surface area contributed by atoms with Gasteiger partial charge in [0.1, 0.15) is 22.9 Å². The number of allylic oxidation sites excluding steroid dienone is 1. The SMILES string of the molecule is CC/C=C\C(C)(C)Oc1ccc(Nc2cc(Cl)nn(C)c2=O)nc1. The fourth-order valence-corrected chi connectivity index (χ4v) is 2.28. The van der Waals surface area contributed by atoms with Gasteiger partial charge in [0, 0.05) is 13.1 Å². The molecule has 2 aromatic heterocycles. The number of nitrogens with zero attached hydrogens (tertiary/aromatic N) is 3. The summed E-state index contributed by atoms with van der Waals surface area (Å²) < 4.78 is 7.07. The highest BCUT2D eigenvalue weighted by Gasteiger charge is 2.15. The fraction of sp³-hybridized carbons (Fsp3) is 0.353. The molecule has 7 heteroatoms. The van der Waals surface area contributed by atoms with Crippen molar-refractivity contribution in [3.63, 3.8) is 0 Å². The highest BCUT2D eigenvalue weighted by molar-refractivity contribution is 6.29. The average molecular weight is 349 g/mol. The summed E-state index contributed by atoms with van der Waals surface area (Å²) in [6.07, 6.45) is 6.64. The molecule has 2 aromatic rings. The van der Waals surface area contributed by atoms with E-state index < -0.39 is 5.60 Å². The number of pyridine rings is 1. The first-order valence-corrected chi connectivity index (χ1v) is 8.02. The first kappa shape index (κ1) is 18.0. The zero-order chi connectivity index (χ0) is 17.7. The van der Waals surface area contributed by atoms with Crippen LogP contribution in [-0.4, -0.2) is 20.4 Å². The van der Waals surface area contributed by atoms with Gasteiger partial charge in [-0.05, 0) is 38.5 Å². The van der Waals surface area contributed by atoms with Crippen LogP contribution in [-0.2, 0) is 7.05 Å². The highest BCUT2D eigenvalue weighted by Crippen LogP contribution is 2.21. The number of anilines is 2. The van der Waals surface area contributed by atoms with Crippen molar-refractivity contribution in [2.75, 3.05) is 5.32 Å². The lowest BCUT2D eigenvalue weighted by molar-refractivity contribution is 0.161. The molecule has 0 radical (unpaired) electrons. The second kappa shape index (κ2) is 7.49. The van der Waals surface area contributed by atoms with Gasteiger partial charge < -0.3 is 10.1 Å². The van der Waals surface area contributed by atoms with Crippen molar-refractivity contribution < 1.29 is 4.74 Å². The van der Waals surface area contributed by atoms with Gasteiger partial charge in [-0.15, -0.1) is 0 Å². The van der Waals surface area contributed by atoms with Crippen molar-refractivity contribution in [3.8, 4) is 5.75 Å². The molecule has 128 valence electrons. The molecule has 6 nitrogen and oxygen atoms in total. The zero-order valence-corrected chi connectivity index (χ0v) is 15.0. The molecule has 0 atom stereocenters. The Bertz CT molecular complexity index is 782. The Balaban J connectivity index is 2.13. The number of halogens is 1. The molecule has 0 aliphatic heterocycles. The Kier molecular flexibility index (Phi) is 5.62. The molecule has 0 saturated heterocycles. The van der Waals surface area contributed by atoms with E-state index in [9.17, 15) is 4.79 Å². The number of aromatic nitrogens is 3. The van der Waals surface area contributed by atoms with E-state index in [1.54, 1.807) is 18.3 Å². The Morgan fingerprint density at radius 1 is 1.42 bits per heavy atom. The van der Waals surface area contributed by atoms with E-state index in [2.05, 4.69) is 28.4 Å². The first-order valence-electron chi connectivity index (χ1n) is 7.64. The minimum absolute atomic E-state index is 0.226. The van der Waals surface area contributed by atoms with E-state index >= 15 is 0 Å². The van der Waals surface area contributed by atoms with Crippen LogP contribution in [0.5, 0.6) is 5.75 Å². The lowest BCUT2D eigenvalue weighted by Gasteiger charge is -2.22. The summed E-state index contributed by atoms with van der Waals surface area (Å²) in [6.45, 7) is 6.03. The summed E-state index contributed by atoms with van der Waals surface area (Å²) in [7, 11) is 1.54. The van der Waals surface area contributed by atoms with Crippen LogP contribution in [0.1, 0.15) is 27.2 Å². The van der Waals surface area contributed by atoms with E-state index in [0.717, 1.165) is 6.42 Å². The normalized spacial score (nSPS) is 11.7. The van der Waals surface area contributed by atoms with Crippen LogP contribution in [0.25, 0.3) is 0 Å². The second-order valence-corrected chi connectivity index (χ2v) is 6.22. The molecular formula is C17H21ClN4O2. The maximum Gasteiger partial charge on any atom is 0.290 e. The van der Waals surface area contributed by atoms with E-state index in [1.807, 2.05) is 19.9 Å². The van der Waals surface area contributed by atoms with Crippen molar-refractivity contribution in [2.24, 2.45) is 7.05 Å². The summed E-state index contributed by atoms with van der Waals surface area (Å²) in [6, 6.07) is 5.00. The molecule has 0 aromatic carbocycles. The van der Waals surface area contributed by atoms with Gasteiger partial charge in [-0.3, -0.25) is 4.79 Å². The summed E-state index contributed by atoms with van der Waals surface area (Å²) in [5.74, 6) is 1.16. The smallest absolute Gasteiger partial charge is 0.290 e. The third-order valence-electron chi connectivity index (χ3n) is 3.17. The van der Waals surface area contributed by atoms with Gasteiger partial charge in [-0.2, -0.15) is 5.10 Å². The van der Waals surface area contributed by atoms with Gasteiger partial charge in [0.15, 0.2) is 5.15 Å². The van der Waals surface area contributed by atoms with Crippen LogP contribution in [0.3, 0.4) is 0 Å². The second-order valence-electron chi connectivity index (χ2n) is 5.83. The minimum atomic E-state index is -0.415. The number of aryl methyl sites for hydroxylation is 1. The number of rotatable bonds is 6. The maximum atomic E-state index is 12.0. The first-order chi connectivity index (χ1) is 11.3. The van der Waals surface area contributed by atoms with Crippen LogP contribution in [0.4, 0.5) is 11.5 Å². The van der Waals surface area contributed by atoms with Crippen molar-refractivity contribution in [2.45, 2.75) is 32.8 Å². The molecule has 2 rings (SSSR count). The summed E-state index contributed by atoms with van der Waals surface area (Å²) in [4.78, 5) is 16.3. The predicted molar refractivity (Wildman–Crippen MR) is 96.1 cm³/mol. The standard InChI is InChI=1S/C17H21ClN4O2/c1-5-6-9-17(2,3)24-12-7-8-15(19-11-12)20-13-10-14(18)21-22(4)16(13)23/h6-11H,5H2,1-4H3,(H,19,20)/b9-6-. The minimum Gasteiger partial charge on any atom is -0.482 e. The molecule has 0 amide bonds. The Hall–Kier alpha value is -2.34. The topological polar surface area (TPSA) is 69.0 Å². The van der Waals surface area contributed by atoms with Crippen LogP contribution in [0.15, 0.2) is 41.3 Å². The molecule has 0 bridgehead atoms. The number of nitrogens with one attached hydrogen (secondary N) is 1. The molecule has 0 fully saturated rings. The van der Waals surface area contributed by atoms with Gasteiger partial charge in [0.05, 0.1) is 6.20 Å². The van der Waals surface area contributed by atoms with Crippen LogP contribution in [0, 0.1) is 0 Å². The molecule has 2 heterocycles. The number of hydrogen-bond donors (Lipinski definition) is 1. The molecule has 0 aliphatic rings. The Morgan fingerprint density at radius 2 is 2.17 bits per heavy atom. The van der Waals surface area contributed by atoms with Crippen molar-refractivity contribution >= 4 is 23.1 Å². The van der Waals surface area contributed by atoms with Crippen LogP contribution >= 0.6 is 11.6 Å². The molecule has 0 saturated carbocycles. The molecule has 0 spiro atoms. The van der Waals surface area contributed by atoms with Gasteiger partial charge in [0.2, 0.25) is 0 Å². The average Bonchev–Trinajstić information content (AvgIpc) is 2.52. The zero-order valence-electron chi connectivity index (χ0n) is 14.2. The largest absolute Gasteiger partial charge is 0.482 e. The van der Waals surface area contributed by atoms with Crippen molar-refractivity contribution in [3.05, 3.63) is 52.1 Å². The van der Waals surface area contributed by atoms with Gasteiger partial charge in [0.25, 0.3) is 5.56 Å². The van der Waals surface area contributed by atoms with E-state index in [0.29, 0.717) is 17.3 Å². The monoisotopic (exact) mass is 348 g/mol. The summed E-state index contributed by atoms with van der Waals surface area (Å²) in [5.41, 5.74) is -0.390. The molecule has 24 heavy (non-hydrogen) atoms. The maximum absolute atomic E-state index is 12.0. The molecule has 1 N–H and O–H groups in total. The molecular weight excluding hydrogens is 328 g/mol. The third-order valence-corrected chi connectivity index (χ3v) is 3.35. The highest BCUT2D eigenvalue weighted by atomic mass is 35.5. The summed E-state index contributed by atoms with van der Waals surface area (Å²) >= 11 is 5.87. The Labute approximate surface area is 146 Å². The Morgan fingerprint density at radius 3 is 2.79 bits per heavy atom. The van der Waals surface area contributed by atoms with Gasteiger partial charge >= 0.3 is 0 Å². The fourth-order valence-electron chi connectivity index (χ4n) is 2.05. The van der Waals surface area contributed by atoms with Gasteiger partial charge in [-0.1, -0.05) is 24.6 Å². The van der Waals surface area contributed by atoms with Crippen LogP contribution in [0.2, 0.25) is 5.15 Å².